The van der Waals surface area contributed by atoms with Crippen molar-refractivity contribution in [1.82, 2.24) is 15.0 Å². The minimum atomic E-state index is -0.689. The number of aromatic nitrogens is 3. The van der Waals surface area contributed by atoms with Crippen LogP contribution in [0.4, 0.5) is 20.4 Å². The number of nitrogens with one attached hydrogen (secondary N) is 1. The SMILES string of the molecule is OC1CC(Nc2nc3cnccc3nc2N2CCC(Oc3ccc(F)cc3F)CC2)C1. The molecular weight excluding hydrogens is 404 g/mol. The van der Waals surface area contributed by atoms with Gasteiger partial charge < -0.3 is 20.1 Å². The van der Waals surface area contributed by atoms with Crippen LogP contribution in [0.15, 0.2) is 36.7 Å². The molecule has 2 N–H and O–H groups in total. The second kappa shape index (κ2) is 8.22. The third kappa shape index (κ3) is 4.23. The van der Waals surface area contributed by atoms with E-state index in [-0.39, 0.29) is 24.0 Å². The number of rotatable bonds is 5. The summed E-state index contributed by atoms with van der Waals surface area (Å²) in [5.74, 6) is 0.200. The van der Waals surface area contributed by atoms with E-state index in [1.807, 2.05) is 6.07 Å². The largest absolute Gasteiger partial charge is 0.487 e. The first kappa shape index (κ1) is 19.9. The summed E-state index contributed by atoms with van der Waals surface area (Å²) in [6.07, 6.45) is 5.67. The Morgan fingerprint density at radius 1 is 1.06 bits per heavy atom. The van der Waals surface area contributed by atoms with E-state index in [4.69, 9.17) is 14.7 Å². The molecule has 2 aromatic heterocycles. The van der Waals surface area contributed by atoms with Gasteiger partial charge in [0.25, 0.3) is 0 Å². The minimum absolute atomic E-state index is 0.0729. The van der Waals surface area contributed by atoms with Crippen LogP contribution in [0.3, 0.4) is 0 Å². The molecule has 5 rings (SSSR count). The number of benzene rings is 1. The zero-order valence-corrected chi connectivity index (χ0v) is 16.8. The Hall–Kier alpha value is -3.07. The van der Waals surface area contributed by atoms with Crippen molar-refractivity contribution in [2.45, 2.75) is 43.9 Å². The first-order chi connectivity index (χ1) is 15.0. The molecule has 0 unspecified atom stereocenters. The summed E-state index contributed by atoms with van der Waals surface area (Å²) in [6.45, 7) is 1.33. The summed E-state index contributed by atoms with van der Waals surface area (Å²) in [5, 5.41) is 13.0. The topological polar surface area (TPSA) is 83.4 Å². The Kier molecular flexibility index (Phi) is 5.27. The maximum atomic E-state index is 13.9. The number of nitrogens with zero attached hydrogens (tertiary/aromatic N) is 4. The number of piperidine rings is 1. The molecule has 1 saturated carbocycles. The molecule has 0 radical (unpaired) electrons. The Bertz CT molecular complexity index is 1080. The van der Waals surface area contributed by atoms with Gasteiger partial charge in [0.1, 0.15) is 17.4 Å². The van der Waals surface area contributed by atoms with E-state index < -0.39 is 11.6 Å². The van der Waals surface area contributed by atoms with Crippen LogP contribution in [0.25, 0.3) is 11.0 Å². The minimum Gasteiger partial charge on any atom is -0.487 e. The predicted octanol–water partition coefficient (Wildman–Crippen LogP) is 3.29. The van der Waals surface area contributed by atoms with Gasteiger partial charge in [-0.15, -0.1) is 0 Å². The second-order valence-electron chi connectivity index (χ2n) is 8.11. The van der Waals surface area contributed by atoms with Crippen molar-refractivity contribution >= 4 is 22.7 Å². The average Bonchev–Trinajstić information content (AvgIpc) is 2.75. The van der Waals surface area contributed by atoms with Gasteiger partial charge >= 0.3 is 0 Å². The Labute approximate surface area is 178 Å². The molecule has 9 heteroatoms. The molecule has 162 valence electrons. The normalized spacial score (nSPS) is 21.7. The van der Waals surface area contributed by atoms with Gasteiger partial charge in [-0.25, -0.2) is 18.7 Å². The van der Waals surface area contributed by atoms with Crippen LogP contribution in [0.5, 0.6) is 5.75 Å². The van der Waals surface area contributed by atoms with Crippen molar-refractivity contribution in [1.29, 1.82) is 0 Å². The number of pyridine rings is 1. The van der Waals surface area contributed by atoms with Gasteiger partial charge in [-0.1, -0.05) is 0 Å². The van der Waals surface area contributed by atoms with Crippen LogP contribution in [0.1, 0.15) is 25.7 Å². The van der Waals surface area contributed by atoms with Crippen LogP contribution in [-0.2, 0) is 0 Å². The lowest BCUT2D eigenvalue weighted by Crippen LogP contribution is -2.41. The van der Waals surface area contributed by atoms with Crippen LogP contribution >= 0.6 is 0 Å². The highest BCUT2D eigenvalue weighted by molar-refractivity contribution is 5.80. The van der Waals surface area contributed by atoms with Crippen molar-refractivity contribution in [3.63, 3.8) is 0 Å². The number of ether oxygens (including phenoxy) is 1. The third-order valence-corrected chi connectivity index (χ3v) is 5.83. The Balaban J connectivity index is 1.32. The molecule has 3 aromatic rings. The van der Waals surface area contributed by atoms with Gasteiger partial charge in [0, 0.05) is 44.2 Å². The van der Waals surface area contributed by atoms with E-state index >= 15 is 0 Å². The van der Waals surface area contributed by atoms with E-state index in [2.05, 4.69) is 15.2 Å². The number of aliphatic hydroxyl groups is 1. The fourth-order valence-corrected chi connectivity index (χ4v) is 4.05. The van der Waals surface area contributed by atoms with Gasteiger partial charge in [-0.3, -0.25) is 4.98 Å². The van der Waals surface area contributed by atoms with Crippen molar-refractivity contribution in [3.05, 3.63) is 48.3 Å². The highest BCUT2D eigenvalue weighted by atomic mass is 19.1. The summed E-state index contributed by atoms with van der Waals surface area (Å²) >= 11 is 0. The van der Waals surface area contributed by atoms with E-state index in [1.54, 1.807) is 12.4 Å². The lowest BCUT2D eigenvalue weighted by molar-refractivity contribution is 0.0835. The third-order valence-electron chi connectivity index (χ3n) is 5.83. The van der Waals surface area contributed by atoms with Gasteiger partial charge in [-0.2, -0.15) is 0 Å². The molecule has 2 aliphatic rings. The molecule has 1 aromatic carbocycles. The summed E-state index contributed by atoms with van der Waals surface area (Å²) < 4.78 is 32.8. The van der Waals surface area contributed by atoms with E-state index in [1.165, 1.54) is 12.1 Å². The van der Waals surface area contributed by atoms with Crippen molar-refractivity contribution in [2.24, 2.45) is 0 Å². The standard InChI is InChI=1S/C22H23F2N5O2/c23-13-1-2-20(17(24)9-13)31-16-4-7-29(8-5-16)22-21(26-14-10-15(30)11-14)27-19-12-25-6-3-18(19)28-22/h1-3,6,9,12,14-16,30H,4-5,7-8,10-11H2,(H,26,27). The van der Waals surface area contributed by atoms with Crippen LogP contribution in [0, 0.1) is 11.6 Å². The fourth-order valence-electron chi connectivity index (χ4n) is 4.05. The summed E-state index contributed by atoms with van der Waals surface area (Å²) in [7, 11) is 0. The van der Waals surface area contributed by atoms with Gasteiger partial charge in [0.15, 0.2) is 23.2 Å². The highest BCUT2D eigenvalue weighted by Crippen LogP contribution is 2.32. The van der Waals surface area contributed by atoms with Crippen LogP contribution in [-0.4, -0.2) is 51.4 Å². The highest BCUT2D eigenvalue weighted by Gasteiger charge is 2.30. The fraction of sp³-hybridized carbons (Fsp3) is 0.409. The summed E-state index contributed by atoms with van der Waals surface area (Å²) in [6, 6.07) is 5.35. The molecule has 31 heavy (non-hydrogen) atoms. The number of anilines is 2. The Morgan fingerprint density at radius 3 is 2.61 bits per heavy atom. The average molecular weight is 427 g/mol. The maximum absolute atomic E-state index is 13.9. The molecule has 0 amide bonds. The molecule has 3 heterocycles. The zero-order valence-electron chi connectivity index (χ0n) is 16.8. The maximum Gasteiger partial charge on any atom is 0.172 e. The number of aliphatic hydroxyl groups excluding tert-OH is 1. The second-order valence-corrected chi connectivity index (χ2v) is 8.11. The zero-order chi connectivity index (χ0) is 21.4. The predicted molar refractivity (Wildman–Crippen MR) is 112 cm³/mol. The number of hydrogen-bond donors (Lipinski definition) is 2. The molecule has 7 nitrogen and oxygen atoms in total. The molecule has 1 aliphatic carbocycles. The lowest BCUT2D eigenvalue weighted by Gasteiger charge is -2.36. The monoisotopic (exact) mass is 427 g/mol. The van der Waals surface area contributed by atoms with E-state index in [0.29, 0.717) is 50.1 Å². The number of hydrogen-bond acceptors (Lipinski definition) is 7. The van der Waals surface area contributed by atoms with E-state index in [0.717, 1.165) is 17.4 Å². The molecule has 2 fully saturated rings. The van der Waals surface area contributed by atoms with E-state index in [9.17, 15) is 13.9 Å². The molecular formula is C22H23F2N5O2. The smallest absolute Gasteiger partial charge is 0.172 e. The molecule has 1 aliphatic heterocycles. The molecule has 0 spiro atoms. The van der Waals surface area contributed by atoms with Gasteiger partial charge in [-0.05, 0) is 31.0 Å². The molecule has 0 bridgehead atoms. The summed E-state index contributed by atoms with van der Waals surface area (Å²) in [5.41, 5.74) is 1.47. The lowest BCUT2D eigenvalue weighted by atomic mass is 9.89. The van der Waals surface area contributed by atoms with Crippen LogP contribution < -0.4 is 15.0 Å². The Morgan fingerprint density at radius 2 is 1.87 bits per heavy atom. The van der Waals surface area contributed by atoms with Crippen LogP contribution in [0.2, 0.25) is 0 Å². The van der Waals surface area contributed by atoms with Gasteiger partial charge in [0.2, 0.25) is 0 Å². The number of halogens is 2. The van der Waals surface area contributed by atoms with Crippen molar-refractivity contribution < 1.29 is 18.6 Å². The van der Waals surface area contributed by atoms with Crippen molar-refractivity contribution in [2.75, 3.05) is 23.3 Å². The molecule has 0 atom stereocenters. The number of fused-ring (bicyclic) bond motifs is 1. The quantitative estimate of drug-likeness (QED) is 0.647. The first-order valence-electron chi connectivity index (χ1n) is 10.5. The summed E-state index contributed by atoms with van der Waals surface area (Å²) in [4.78, 5) is 15.8. The van der Waals surface area contributed by atoms with Gasteiger partial charge in [0.05, 0.1) is 17.8 Å². The van der Waals surface area contributed by atoms with Crippen molar-refractivity contribution in [3.8, 4) is 5.75 Å². The first-order valence-corrected chi connectivity index (χ1v) is 10.5. The molecule has 1 saturated heterocycles.